The molecule has 1 N–H and O–H groups in total. The molecule has 0 aliphatic heterocycles. The van der Waals surface area contributed by atoms with E-state index in [9.17, 15) is 18.3 Å². The summed E-state index contributed by atoms with van der Waals surface area (Å²) in [6.45, 7) is 0. The van der Waals surface area contributed by atoms with Crippen LogP contribution >= 0.6 is 0 Å². The first-order valence-corrected chi connectivity index (χ1v) is 6.66. The number of benzene rings is 2. The summed E-state index contributed by atoms with van der Waals surface area (Å²) in [4.78, 5) is 4.31. The highest BCUT2D eigenvalue weighted by Crippen LogP contribution is 2.32. The minimum atomic E-state index is -4.44. The van der Waals surface area contributed by atoms with Crippen molar-refractivity contribution in [1.82, 2.24) is 4.98 Å². The third-order valence-corrected chi connectivity index (χ3v) is 3.43. The van der Waals surface area contributed by atoms with Gasteiger partial charge >= 0.3 is 6.18 Å². The standard InChI is InChI=1S/C17H12F3NO/c18-17(19,20)13-6-3-5-12(10-13)16(22)15-9-8-11-4-1-2-7-14(11)21-15/h1-10,16,22H/t16-/m1/s1. The molecule has 0 radical (unpaired) electrons. The van der Waals surface area contributed by atoms with Crippen LogP contribution in [0.15, 0.2) is 60.7 Å². The quantitative estimate of drug-likeness (QED) is 0.764. The Labute approximate surface area is 124 Å². The molecule has 1 atom stereocenters. The Kier molecular flexibility index (Phi) is 3.58. The molecule has 2 nitrogen and oxygen atoms in total. The number of rotatable bonds is 2. The predicted molar refractivity (Wildman–Crippen MR) is 77.2 cm³/mol. The van der Waals surface area contributed by atoms with Gasteiger partial charge in [0, 0.05) is 5.39 Å². The highest BCUT2D eigenvalue weighted by atomic mass is 19.4. The molecule has 0 amide bonds. The largest absolute Gasteiger partial charge is 0.416 e. The maximum absolute atomic E-state index is 12.7. The van der Waals surface area contributed by atoms with E-state index in [1.54, 1.807) is 18.2 Å². The molecule has 3 aromatic rings. The van der Waals surface area contributed by atoms with Crippen molar-refractivity contribution in [1.29, 1.82) is 0 Å². The van der Waals surface area contributed by atoms with E-state index in [0.29, 0.717) is 11.2 Å². The van der Waals surface area contributed by atoms with Crippen molar-refractivity contribution < 1.29 is 18.3 Å². The lowest BCUT2D eigenvalue weighted by molar-refractivity contribution is -0.137. The maximum atomic E-state index is 12.7. The number of aromatic nitrogens is 1. The van der Waals surface area contributed by atoms with Crippen molar-refractivity contribution in [3.63, 3.8) is 0 Å². The lowest BCUT2D eigenvalue weighted by Gasteiger charge is -2.14. The molecule has 0 saturated carbocycles. The number of aliphatic hydroxyl groups excluding tert-OH is 1. The first-order chi connectivity index (χ1) is 10.4. The van der Waals surface area contributed by atoms with Crippen LogP contribution in [0.1, 0.15) is 22.9 Å². The zero-order chi connectivity index (χ0) is 15.7. The number of hydrogen-bond donors (Lipinski definition) is 1. The van der Waals surface area contributed by atoms with Crippen LogP contribution in [0, 0.1) is 0 Å². The van der Waals surface area contributed by atoms with Gasteiger partial charge in [0.05, 0.1) is 16.8 Å². The average molecular weight is 303 g/mol. The summed E-state index contributed by atoms with van der Waals surface area (Å²) < 4.78 is 38.2. The number of aliphatic hydroxyl groups is 1. The van der Waals surface area contributed by atoms with Gasteiger partial charge in [-0.15, -0.1) is 0 Å². The van der Waals surface area contributed by atoms with Crippen molar-refractivity contribution in [2.45, 2.75) is 12.3 Å². The second-order valence-electron chi connectivity index (χ2n) is 4.95. The van der Waals surface area contributed by atoms with Crippen molar-refractivity contribution >= 4 is 10.9 Å². The van der Waals surface area contributed by atoms with E-state index in [0.717, 1.165) is 17.5 Å². The molecule has 2 aromatic carbocycles. The highest BCUT2D eigenvalue weighted by Gasteiger charge is 2.31. The van der Waals surface area contributed by atoms with E-state index in [2.05, 4.69) is 4.98 Å². The Balaban J connectivity index is 2.00. The van der Waals surface area contributed by atoms with Gasteiger partial charge in [-0.2, -0.15) is 13.2 Å². The fraction of sp³-hybridized carbons (Fsp3) is 0.118. The Morgan fingerprint density at radius 1 is 0.909 bits per heavy atom. The molecular weight excluding hydrogens is 291 g/mol. The summed E-state index contributed by atoms with van der Waals surface area (Å²) >= 11 is 0. The smallest absolute Gasteiger partial charge is 0.382 e. The van der Waals surface area contributed by atoms with Crippen LogP contribution < -0.4 is 0 Å². The number of pyridine rings is 1. The van der Waals surface area contributed by atoms with Gasteiger partial charge in [0.1, 0.15) is 6.10 Å². The lowest BCUT2D eigenvalue weighted by Crippen LogP contribution is -2.08. The van der Waals surface area contributed by atoms with Crippen LogP contribution in [0.5, 0.6) is 0 Å². The first kappa shape index (κ1) is 14.5. The third kappa shape index (κ3) is 2.80. The van der Waals surface area contributed by atoms with E-state index in [4.69, 9.17) is 0 Å². The molecule has 0 saturated heterocycles. The van der Waals surface area contributed by atoms with Gasteiger partial charge in [0.25, 0.3) is 0 Å². The highest BCUT2D eigenvalue weighted by molar-refractivity contribution is 5.78. The number of fused-ring (bicyclic) bond motifs is 1. The van der Waals surface area contributed by atoms with Gasteiger partial charge in [-0.3, -0.25) is 0 Å². The SMILES string of the molecule is O[C@H](c1cccc(C(F)(F)F)c1)c1ccc2ccccc2n1. The molecule has 112 valence electrons. The Hall–Kier alpha value is -2.40. The fourth-order valence-electron chi connectivity index (χ4n) is 2.29. The molecule has 0 fully saturated rings. The molecule has 1 heterocycles. The summed E-state index contributed by atoms with van der Waals surface area (Å²) in [5.74, 6) is 0. The Morgan fingerprint density at radius 2 is 1.68 bits per heavy atom. The van der Waals surface area contributed by atoms with Gasteiger partial charge in [0.2, 0.25) is 0 Å². The molecule has 5 heteroatoms. The molecule has 0 bridgehead atoms. The summed E-state index contributed by atoms with van der Waals surface area (Å²) in [5, 5.41) is 11.2. The molecule has 1 aromatic heterocycles. The van der Waals surface area contributed by atoms with Gasteiger partial charge in [-0.25, -0.2) is 4.98 Å². The summed E-state index contributed by atoms with van der Waals surface area (Å²) in [6, 6.07) is 15.4. The third-order valence-electron chi connectivity index (χ3n) is 3.43. The number of nitrogens with zero attached hydrogens (tertiary/aromatic N) is 1. The Morgan fingerprint density at radius 3 is 2.45 bits per heavy atom. The topological polar surface area (TPSA) is 33.1 Å². The minimum Gasteiger partial charge on any atom is -0.382 e. The van der Waals surface area contributed by atoms with Crippen LogP contribution in [0.2, 0.25) is 0 Å². The van der Waals surface area contributed by atoms with Crippen LogP contribution in [-0.4, -0.2) is 10.1 Å². The zero-order valence-electron chi connectivity index (χ0n) is 11.4. The van der Waals surface area contributed by atoms with Crippen LogP contribution in [0.4, 0.5) is 13.2 Å². The summed E-state index contributed by atoms with van der Waals surface area (Å²) in [6.07, 6.45) is -5.64. The van der Waals surface area contributed by atoms with Crippen molar-refractivity contribution in [2.24, 2.45) is 0 Å². The predicted octanol–water partition coefficient (Wildman–Crippen LogP) is 4.34. The first-order valence-electron chi connectivity index (χ1n) is 6.66. The lowest BCUT2D eigenvalue weighted by atomic mass is 10.0. The Bertz CT molecular complexity index is 814. The van der Waals surface area contributed by atoms with E-state index in [-0.39, 0.29) is 5.56 Å². The van der Waals surface area contributed by atoms with Crippen molar-refractivity contribution in [3.8, 4) is 0 Å². The maximum Gasteiger partial charge on any atom is 0.416 e. The molecular formula is C17H12F3NO. The molecule has 0 spiro atoms. The van der Waals surface area contributed by atoms with Crippen LogP contribution in [0.25, 0.3) is 10.9 Å². The summed E-state index contributed by atoms with van der Waals surface area (Å²) in [7, 11) is 0. The number of halogens is 3. The van der Waals surface area contributed by atoms with Gasteiger partial charge in [-0.05, 0) is 29.8 Å². The van der Waals surface area contributed by atoms with E-state index in [1.165, 1.54) is 12.1 Å². The van der Waals surface area contributed by atoms with Gasteiger partial charge in [-0.1, -0.05) is 36.4 Å². The zero-order valence-corrected chi connectivity index (χ0v) is 11.4. The normalized spacial score (nSPS) is 13.3. The number of hydrogen-bond acceptors (Lipinski definition) is 2. The molecule has 0 aliphatic carbocycles. The molecule has 0 aliphatic rings. The average Bonchev–Trinajstić information content (AvgIpc) is 2.53. The van der Waals surface area contributed by atoms with E-state index in [1.807, 2.05) is 18.2 Å². The second-order valence-corrected chi connectivity index (χ2v) is 4.95. The van der Waals surface area contributed by atoms with Crippen LogP contribution in [0.3, 0.4) is 0 Å². The monoisotopic (exact) mass is 303 g/mol. The van der Waals surface area contributed by atoms with E-state index < -0.39 is 17.8 Å². The molecule has 3 rings (SSSR count). The second kappa shape index (κ2) is 5.42. The van der Waals surface area contributed by atoms with E-state index >= 15 is 0 Å². The van der Waals surface area contributed by atoms with Crippen molar-refractivity contribution in [3.05, 3.63) is 77.5 Å². The number of alkyl halides is 3. The molecule has 0 unspecified atom stereocenters. The minimum absolute atomic E-state index is 0.164. The number of para-hydroxylation sites is 1. The van der Waals surface area contributed by atoms with Crippen molar-refractivity contribution in [2.75, 3.05) is 0 Å². The van der Waals surface area contributed by atoms with Gasteiger partial charge in [0.15, 0.2) is 0 Å². The fourth-order valence-corrected chi connectivity index (χ4v) is 2.29. The molecule has 22 heavy (non-hydrogen) atoms. The van der Waals surface area contributed by atoms with Gasteiger partial charge < -0.3 is 5.11 Å². The van der Waals surface area contributed by atoms with Crippen LogP contribution in [-0.2, 0) is 6.18 Å². The summed E-state index contributed by atoms with van der Waals surface area (Å²) in [5.41, 5.74) is 0.381.